The summed E-state index contributed by atoms with van der Waals surface area (Å²) in [6, 6.07) is 13.0. The minimum Gasteiger partial charge on any atom is -0.497 e. The van der Waals surface area contributed by atoms with E-state index in [4.69, 9.17) is 9.47 Å². The maximum atomic E-state index is 12.9. The highest BCUT2D eigenvalue weighted by Gasteiger charge is 2.44. The Morgan fingerprint density at radius 1 is 1.20 bits per heavy atom. The number of benzene rings is 2. The van der Waals surface area contributed by atoms with Gasteiger partial charge in [0.05, 0.1) is 18.1 Å². The molecule has 0 aliphatic heterocycles. The Bertz CT molecular complexity index is 908. The van der Waals surface area contributed by atoms with Gasteiger partial charge >= 0.3 is 11.9 Å². The number of aromatic carboxylic acids is 1. The zero-order chi connectivity index (χ0) is 21.7. The number of methoxy groups -OCH3 is 1. The molecule has 1 aliphatic rings. The van der Waals surface area contributed by atoms with E-state index in [-0.39, 0.29) is 17.5 Å². The maximum Gasteiger partial charge on any atom is 0.335 e. The minimum absolute atomic E-state index is 0.0381. The number of ether oxygens (including phenoxy) is 2. The standard InChI is InChI=1S/C24H29NO5/c1-16-21-9-6-19(22(26)27)14-18(21)10-11-24(16,2)23(28)30-13-12-25-15-17-4-7-20(29-3)8-5-17/h4-9,14,16,25H,10-13,15H2,1-3H3,(H,26,27). The van der Waals surface area contributed by atoms with Crippen LogP contribution in [0.15, 0.2) is 42.5 Å². The van der Waals surface area contributed by atoms with Crippen LogP contribution in [0.4, 0.5) is 0 Å². The molecule has 2 N–H and O–H groups in total. The van der Waals surface area contributed by atoms with Crippen LogP contribution in [0.25, 0.3) is 0 Å². The Balaban J connectivity index is 1.51. The van der Waals surface area contributed by atoms with Gasteiger partial charge in [-0.15, -0.1) is 0 Å². The quantitative estimate of drug-likeness (QED) is 0.508. The molecule has 6 nitrogen and oxygen atoms in total. The lowest BCUT2D eigenvalue weighted by Gasteiger charge is -2.38. The van der Waals surface area contributed by atoms with Crippen LogP contribution in [0, 0.1) is 5.41 Å². The summed E-state index contributed by atoms with van der Waals surface area (Å²) in [5.74, 6) is -0.346. The molecular weight excluding hydrogens is 382 g/mol. The van der Waals surface area contributed by atoms with E-state index in [1.54, 1.807) is 19.2 Å². The molecule has 0 saturated heterocycles. The topological polar surface area (TPSA) is 84.9 Å². The molecule has 30 heavy (non-hydrogen) atoms. The van der Waals surface area contributed by atoms with Gasteiger partial charge in [-0.1, -0.05) is 25.1 Å². The average molecular weight is 411 g/mol. The third-order valence-corrected chi connectivity index (χ3v) is 6.19. The Morgan fingerprint density at radius 3 is 2.60 bits per heavy atom. The lowest BCUT2D eigenvalue weighted by molar-refractivity contribution is -0.157. The summed E-state index contributed by atoms with van der Waals surface area (Å²) in [5.41, 5.74) is 2.84. The number of fused-ring (bicyclic) bond motifs is 1. The van der Waals surface area contributed by atoms with Crippen molar-refractivity contribution in [2.45, 2.75) is 39.2 Å². The predicted octanol–water partition coefficient (Wildman–Crippen LogP) is 3.78. The highest BCUT2D eigenvalue weighted by Crippen LogP contribution is 2.46. The SMILES string of the molecule is COc1ccc(CNCCOC(=O)C2(C)CCc3cc(C(=O)O)ccc3C2C)cc1. The van der Waals surface area contributed by atoms with Gasteiger partial charge < -0.3 is 19.9 Å². The number of hydrogen-bond acceptors (Lipinski definition) is 5. The summed E-state index contributed by atoms with van der Waals surface area (Å²) >= 11 is 0. The molecule has 2 aromatic rings. The molecule has 0 bridgehead atoms. The first kappa shape index (κ1) is 21.8. The van der Waals surface area contributed by atoms with Crippen LogP contribution < -0.4 is 10.1 Å². The third-order valence-electron chi connectivity index (χ3n) is 6.19. The lowest BCUT2D eigenvalue weighted by atomic mass is 9.65. The normalized spacial score (nSPS) is 20.3. The first-order valence-electron chi connectivity index (χ1n) is 10.2. The van der Waals surface area contributed by atoms with E-state index in [9.17, 15) is 14.7 Å². The van der Waals surface area contributed by atoms with Crippen molar-refractivity contribution in [1.82, 2.24) is 5.32 Å². The van der Waals surface area contributed by atoms with Crippen molar-refractivity contribution >= 4 is 11.9 Å². The molecule has 2 aromatic carbocycles. The van der Waals surface area contributed by atoms with Gasteiger partial charge in [0.15, 0.2) is 0 Å². The van der Waals surface area contributed by atoms with Crippen molar-refractivity contribution < 1.29 is 24.2 Å². The van der Waals surface area contributed by atoms with Gasteiger partial charge in [-0.05, 0) is 66.6 Å². The Kier molecular flexibility index (Phi) is 6.77. The van der Waals surface area contributed by atoms with Gasteiger partial charge in [0, 0.05) is 13.1 Å². The number of carbonyl (C=O) groups is 2. The van der Waals surface area contributed by atoms with Crippen LogP contribution in [0.1, 0.15) is 53.2 Å². The molecule has 0 fully saturated rings. The van der Waals surface area contributed by atoms with E-state index in [2.05, 4.69) is 5.32 Å². The van der Waals surface area contributed by atoms with Crippen LogP contribution >= 0.6 is 0 Å². The molecule has 160 valence electrons. The van der Waals surface area contributed by atoms with Gasteiger partial charge in [0.2, 0.25) is 0 Å². The van der Waals surface area contributed by atoms with E-state index in [0.717, 1.165) is 22.4 Å². The zero-order valence-electron chi connectivity index (χ0n) is 17.7. The highest BCUT2D eigenvalue weighted by atomic mass is 16.5. The number of rotatable bonds is 8. The van der Waals surface area contributed by atoms with E-state index >= 15 is 0 Å². The maximum absolute atomic E-state index is 12.9. The molecule has 0 aromatic heterocycles. The van der Waals surface area contributed by atoms with Crippen LogP contribution in [-0.2, 0) is 22.5 Å². The third kappa shape index (κ3) is 4.65. The molecule has 2 atom stereocenters. The number of hydrogen-bond donors (Lipinski definition) is 2. The molecule has 2 unspecified atom stereocenters. The van der Waals surface area contributed by atoms with E-state index in [0.29, 0.717) is 32.5 Å². The first-order chi connectivity index (χ1) is 14.3. The molecule has 0 radical (unpaired) electrons. The van der Waals surface area contributed by atoms with Crippen LogP contribution in [-0.4, -0.2) is 37.3 Å². The molecule has 3 rings (SSSR count). The van der Waals surface area contributed by atoms with Crippen molar-refractivity contribution in [3.05, 3.63) is 64.7 Å². The van der Waals surface area contributed by atoms with Crippen molar-refractivity contribution in [3.8, 4) is 5.75 Å². The second-order valence-electron chi connectivity index (χ2n) is 8.02. The molecule has 6 heteroatoms. The monoisotopic (exact) mass is 411 g/mol. The van der Waals surface area contributed by atoms with Crippen molar-refractivity contribution in [2.24, 2.45) is 5.41 Å². The minimum atomic E-state index is -0.930. The van der Waals surface area contributed by atoms with Crippen molar-refractivity contribution in [3.63, 3.8) is 0 Å². The van der Waals surface area contributed by atoms with E-state index in [1.807, 2.05) is 44.2 Å². The molecular formula is C24H29NO5. The molecule has 0 heterocycles. The van der Waals surface area contributed by atoms with Gasteiger partial charge in [-0.3, -0.25) is 4.79 Å². The fourth-order valence-electron chi connectivity index (χ4n) is 3.97. The molecule has 0 amide bonds. The summed E-state index contributed by atoms with van der Waals surface area (Å²) in [7, 11) is 1.64. The summed E-state index contributed by atoms with van der Waals surface area (Å²) in [5, 5.41) is 12.5. The number of esters is 1. The summed E-state index contributed by atoms with van der Waals surface area (Å²) in [6.45, 7) is 5.53. The average Bonchev–Trinajstić information content (AvgIpc) is 2.76. The van der Waals surface area contributed by atoms with Crippen molar-refractivity contribution in [1.29, 1.82) is 0 Å². The van der Waals surface area contributed by atoms with Crippen LogP contribution in [0.3, 0.4) is 0 Å². The number of nitrogens with one attached hydrogen (secondary N) is 1. The number of aryl methyl sites for hydroxylation is 1. The van der Waals surface area contributed by atoms with Crippen LogP contribution in [0.2, 0.25) is 0 Å². The van der Waals surface area contributed by atoms with Gasteiger partial charge in [-0.25, -0.2) is 4.79 Å². The van der Waals surface area contributed by atoms with Crippen LogP contribution in [0.5, 0.6) is 5.75 Å². The first-order valence-corrected chi connectivity index (χ1v) is 10.2. The highest BCUT2D eigenvalue weighted by molar-refractivity contribution is 5.88. The summed E-state index contributed by atoms with van der Waals surface area (Å²) in [6.07, 6.45) is 1.31. The van der Waals surface area contributed by atoms with E-state index < -0.39 is 11.4 Å². The molecule has 0 spiro atoms. The largest absolute Gasteiger partial charge is 0.497 e. The van der Waals surface area contributed by atoms with Gasteiger partial charge in [0.1, 0.15) is 12.4 Å². The smallest absolute Gasteiger partial charge is 0.335 e. The summed E-state index contributed by atoms with van der Waals surface area (Å²) in [4.78, 5) is 24.1. The Morgan fingerprint density at radius 2 is 1.93 bits per heavy atom. The Labute approximate surface area is 177 Å². The second-order valence-corrected chi connectivity index (χ2v) is 8.02. The fourth-order valence-corrected chi connectivity index (χ4v) is 3.97. The number of carbonyl (C=O) groups excluding carboxylic acids is 1. The van der Waals surface area contributed by atoms with Crippen molar-refractivity contribution in [2.75, 3.05) is 20.3 Å². The van der Waals surface area contributed by atoms with E-state index in [1.165, 1.54) is 0 Å². The van der Waals surface area contributed by atoms with Gasteiger partial charge in [0.25, 0.3) is 0 Å². The second kappa shape index (κ2) is 9.30. The zero-order valence-corrected chi connectivity index (χ0v) is 17.7. The summed E-state index contributed by atoms with van der Waals surface area (Å²) < 4.78 is 10.7. The lowest BCUT2D eigenvalue weighted by Crippen LogP contribution is -2.39. The van der Waals surface area contributed by atoms with Gasteiger partial charge in [-0.2, -0.15) is 0 Å². The number of carboxylic acid groups (broad SMARTS) is 1. The number of carboxylic acids is 1. The molecule has 1 aliphatic carbocycles. The predicted molar refractivity (Wildman–Crippen MR) is 114 cm³/mol. The fraction of sp³-hybridized carbons (Fsp3) is 0.417. The Hall–Kier alpha value is -2.86. The molecule has 0 saturated carbocycles.